The molecule has 2 rings (SSSR count). The zero-order valence-electron chi connectivity index (χ0n) is 14.0. The Hall–Kier alpha value is -1.07. The Morgan fingerprint density at radius 3 is 2.73 bits per heavy atom. The summed E-state index contributed by atoms with van der Waals surface area (Å²) in [6.07, 6.45) is 3.92. The number of rotatable bonds is 7. The van der Waals surface area contributed by atoms with E-state index in [1.807, 2.05) is 12.1 Å². The molecule has 1 aromatic carbocycles. The standard InChI is InChI=1S/C17H27NO3S/c1-5-6-11-21-15-8-9-16-14(12-15)7-10-17(16)18(4)22(19,20)13(2)3/h8-9,12-13,17H,5-7,10-11H2,1-4H3. The van der Waals surface area contributed by atoms with E-state index in [1.165, 1.54) is 5.56 Å². The molecule has 0 saturated carbocycles. The quantitative estimate of drug-likeness (QED) is 0.721. The van der Waals surface area contributed by atoms with Crippen molar-refractivity contribution in [1.29, 1.82) is 0 Å². The maximum atomic E-state index is 12.4. The van der Waals surface area contributed by atoms with Gasteiger partial charge in [0.25, 0.3) is 0 Å². The van der Waals surface area contributed by atoms with Crippen molar-refractivity contribution in [2.45, 2.75) is 57.7 Å². The fourth-order valence-electron chi connectivity index (χ4n) is 2.88. The van der Waals surface area contributed by atoms with Gasteiger partial charge in [0.15, 0.2) is 0 Å². The summed E-state index contributed by atoms with van der Waals surface area (Å²) in [7, 11) is -1.53. The number of hydrogen-bond acceptors (Lipinski definition) is 3. The monoisotopic (exact) mass is 325 g/mol. The number of fused-ring (bicyclic) bond motifs is 1. The van der Waals surface area contributed by atoms with Gasteiger partial charge in [0.1, 0.15) is 5.75 Å². The lowest BCUT2D eigenvalue weighted by atomic mass is 10.1. The second kappa shape index (κ2) is 7.01. The molecule has 1 aromatic rings. The molecule has 0 spiro atoms. The molecular weight excluding hydrogens is 298 g/mol. The first-order valence-electron chi connectivity index (χ1n) is 8.10. The first-order valence-corrected chi connectivity index (χ1v) is 9.60. The molecule has 0 bridgehead atoms. The topological polar surface area (TPSA) is 46.6 Å². The van der Waals surface area contributed by atoms with Crippen LogP contribution in [0, 0.1) is 0 Å². The second-order valence-electron chi connectivity index (χ2n) is 6.23. The average molecular weight is 325 g/mol. The predicted molar refractivity (Wildman–Crippen MR) is 89.7 cm³/mol. The van der Waals surface area contributed by atoms with Gasteiger partial charge in [-0.15, -0.1) is 0 Å². The highest BCUT2D eigenvalue weighted by atomic mass is 32.2. The van der Waals surface area contributed by atoms with Crippen LogP contribution in [0.5, 0.6) is 5.75 Å². The smallest absolute Gasteiger partial charge is 0.216 e. The van der Waals surface area contributed by atoms with Gasteiger partial charge in [-0.05, 0) is 56.4 Å². The van der Waals surface area contributed by atoms with Crippen molar-refractivity contribution in [3.8, 4) is 5.75 Å². The van der Waals surface area contributed by atoms with E-state index in [0.717, 1.165) is 43.6 Å². The minimum Gasteiger partial charge on any atom is -0.494 e. The molecule has 0 N–H and O–H groups in total. The normalized spacial score (nSPS) is 18.0. The molecule has 1 aliphatic rings. The largest absolute Gasteiger partial charge is 0.494 e. The third-order valence-corrected chi connectivity index (χ3v) is 6.61. The minimum atomic E-state index is -3.23. The van der Waals surface area contributed by atoms with Gasteiger partial charge >= 0.3 is 0 Å². The lowest BCUT2D eigenvalue weighted by Crippen LogP contribution is -2.35. The van der Waals surface area contributed by atoms with Crippen LogP contribution in [0.15, 0.2) is 18.2 Å². The van der Waals surface area contributed by atoms with Crippen LogP contribution < -0.4 is 4.74 Å². The van der Waals surface area contributed by atoms with Gasteiger partial charge < -0.3 is 4.74 Å². The lowest BCUT2D eigenvalue weighted by Gasteiger charge is -2.26. The number of nitrogens with zero attached hydrogens (tertiary/aromatic N) is 1. The molecule has 0 radical (unpaired) electrons. The van der Waals surface area contributed by atoms with Crippen molar-refractivity contribution in [3.05, 3.63) is 29.3 Å². The molecule has 1 unspecified atom stereocenters. The summed E-state index contributed by atoms with van der Waals surface area (Å²) in [5, 5.41) is -0.391. The van der Waals surface area contributed by atoms with Gasteiger partial charge in [-0.1, -0.05) is 19.4 Å². The lowest BCUT2D eigenvalue weighted by molar-refractivity contribution is 0.309. The number of unbranched alkanes of at least 4 members (excludes halogenated alkanes) is 1. The summed E-state index contributed by atoms with van der Waals surface area (Å²) >= 11 is 0. The second-order valence-corrected chi connectivity index (χ2v) is 8.78. The predicted octanol–water partition coefficient (Wildman–Crippen LogP) is 3.52. The van der Waals surface area contributed by atoms with Crippen molar-refractivity contribution < 1.29 is 13.2 Å². The molecule has 0 fully saturated rings. The summed E-state index contributed by atoms with van der Waals surface area (Å²) in [5.41, 5.74) is 2.33. The molecular formula is C17H27NO3S. The van der Waals surface area contributed by atoms with Crippen LogP contribution in [0.4, 0.5) is 0 Å². The first kappa shape index (κ1) is 17.3. The van der Waals surface area contributed by atoms with Gasteiger partial charge in [0, 0.05) is 13.1 Å². The summed E-state index contributed by atoms with van der Waals surface area (Å²) in [6.45, 7) is 6.33. The van der Waals surface area contributed by atoms with Crippen LogP contribution in [0.2, 0.25) is 0 Å². The molecule has 1 atom stereocenters. The molecule has 0 heterocycles. The Labute approximate surface area is 134 Å². The molecule has 1 aliphatic carbocycles. The average Bonchev–Trinajstić information content (AvgIpc) is 2.89. The Kier molecular flexibility index (Phi) is 5.50. The Morgan fingerprint density at radius 2 is 2.09 bits per heavy atom. The summed E-state index contributed by atoms with van der Waals surface area (Å²) in [4.78, 5) is 0. The van der Waals surface area contributed by atoms with Gasteiger partial charge in [-0.2, -0.15) is 4.31 Å². The molecule has 5 heteroatoms. The fourth-order valence-corrected chi connectivity index (χ4v) is 4.12. The highest BCUT2D eigenvalue weighted by molar-refractivity contribution is 7.89. The summed E-state index contributed by atoms with van der Waals surface area (Å²) in [6, 6.07) is 6.01. The third kappa shape index (κ3) is 3.46. The van der Waals surface area contributed by atoms with Crippen LogP contribution in [0.1, 0.15) is 57.2 Å². The van der Waals surface area contributed by atoms with Crippen LogP contribution in [-0.2, 0) is 16.4 Å². The van der Waals surface area contributed by atoms with Crippen molar-refractivity contribution in [2.75, 3.05) is 13.7 Å². The van der Waals surface area contributed by atoms with Gasteiger partial charge in [0.05, 0.1) is 11.9 Å². The van der Waals surface area contributed by atoms with E-state index in [9.17, 15) is 8.42 Å². The number of ether oxygens (including phenoxy) is 1. The SMILES string of the molecule is CCCCOc1ccc2c(c1)CCC2N(C)S(=O)(=O)C(C)C. The number of sulfonamides is 1. The van der Waals surface area contributed by atoms with Crippen LogP contribution in [0.3, 0.4) is 0 Å². The van der Waals surface area contributed by atoms with Gasteiger partial charge in [-0.3, -0.25) is 0 Å². The molecule has 0 aromatic heterocycles. The zero-order chi connectivity index (χ0) is 16.3. The highest BCUT2D eigenvalue weighted by Crippen LogP contribution is 2.38. The maximum absolute atomic E-state index is 12.4. The van der Waals surface area contributed by atoms with Crippen molar-refractivity contribution >= 4 is 10.0 Å². The molecule has 124 valence electrons. The zero-order valence-corrected chi connectivity index (χ0v) is 14.8. The van der Waals surface area contributed by atoms with Crippen LogP contribution in [-0.4, -0.2) is 31.6 Å². The van der Waals surface area contributed by atoms with Gasteiger partial charge in [-0.25, -0.2) is 8.42 Å². The number of hydrogen-bond donors (Lipinski definition) is 0. The van der Waals surface area contributed by atoms with E-state index in [-0.39, 0.29) is 6.04 Å². The third-order valence-electron chi connectivity index (χ3n) is 4.36. The maximum Gasteiger partial charge on any atom is 0.216 e. The van der Waals surface area contributed by atoms with E-state index in [4.69, 9.17) is 4.74 Å². The molecule has 0 saturated heterocycles. The van der Waals surface area contributed by atoms with E-state index in [0.29, 0.717) is 0 Å². The summed E-state index contributed by atoms with van der Waals surface area (Å²) < 4.78 is 32.0. The minimum absolute atomic E-state index is 0.0490. The summed E-state index contributed by atoms with van der Waals surface area (Å²) in [5.74, 6) is 0.891. The van der Waals surface area contributed by atoms with E-state index >= 15 is 0 Å². The molecule has 4 nitrogen and oxygen atoms in total. The Bertz CT molecular complexity index is 610. The Balaban J connectivity index is 2.16. The van der Waals surface area contributed by atoms with Crippen molar-refractivity contribution in [3.63, 3.8) is 0 Å². The number of benzene rings is 1. The van der Waals surface area contributed by atoms with Crippen LogP contribution in [0.25, 0.3) is 0 Å². The molecule has 0 amide bonds. The van der Waals surface area contributed by atoms with E-state index in [1.54, 1.807) is 25.2 Å². The van der Waals surface area contributed by atoms with E-state index in [2.05, 4.69) is 13.0 Å². The highest BCUT2D eigenvalue weighted by Gasteiger charge is 2.34. The van der Waals surface area contributed by atoms with Crippen molar-refractivity contribution in [1.82, 2.24) is 4.31 Å². The van der Waals surface area contributed by atoms with Gasteiger partial charge in [0.2, 0.25) is 10.0 Å². The number of aryl methyl sites for hydroxylation is 1. The molecule has 22 heavy (non-hydrogen) atoms. The fraction of sp³-hybridized carbons (Fsp3) is 0.647. The first-order chi connectivity index (χ1) is 10.4. The Morgan fingerprint density at radius 1 is 1.36 bits per heavy atom. The van der Waals surface area contributed by atoms with Crippen molar-refractivity contribution in [2.24, 2.45) is 0 Å². The molecule has 0 aliphatic heterocycles. The van der Waals surface area contributed by atoms with Crippen LogP contribution >= 0.6 is 0 Å². The van der Waals surface area contributed by atoms with E-state index < -0.39 is 15.3 Å².